The highest BCUT2D eigenvalue weighted by Crippen LogP contribution is 2.23. The van der Waals surface area contributed by atoms with Crippen molar-refractivity contribution in [2.75, 3.05) is 6.54 Å². The second-order valence-corrected chi connectivity index (χ2v) is 5.92. The van der Waals surface area contributed by atoms with E-state index in [1.165, 1.54) is 29.7 Å². The second kappa shape index (κ2) is 6.54. The lowest BCUT2D eigenvalue weighted by molar-refractivity contribution is 0.0764. The van der Waals surface area contributed by atoms with Crippen LogP contribution < -0.4 is 5.56 Å². The smallest absolute Gasteiger partial charge is 0.255 e. The van der Waals surface area contributed by atoms with Gasteiger partial charge in [-0.15, -0.1) is 17.9 Å². The molecule has 2 heterocycles. The standard InChI is InChI=1S/C14H13ClN2O2S/c1-2-7-17(9-11-4-5-12(15)20-11)14(19)10-3-6-13(18)16-8-10/h2-6,8H,1,7,9H2,(H,16,18). The van der Waals surface area contributed by atoms with Crippen LogP contribution in [0.5, 0.6) is 0 Å². The summed E-state index contributed by atoms with van der Waals surface area (Å²) in [5.41, 5.74) is 0.205. The minimum Gasteiger partial charge on any atom is -0.330 e. The van der Waals surface area contributed by atoms with E-state index in [0.717, 1.165) is 4.88 Å². The number of hydrogen-bond acceptors (Lipinski definition) is 3. The van der Waals surface area contributed by atoms with Gasteiger partial charge in [0.05, 0.1) is 16.4 Å². The Bertz CT molecular complexity index is 657. The first-order valence-electron chi connectivity index (χ1n) is 5.93. The largest absolute Gasteiger partial charge is 0.330 e. The molecule has 0 radical (unpaired) electrons. The fourth-order valence-corrected chi connectivity index (χ4v) is 2.83. The molecule has 6 heteroatoms. The summed E-state index contributed by atoms with van der Waals surface area (Å²) in [4.78, 5) is 28.5. The van der Waals surface area contributed by atoms with Gasteiger partial charge >= 0.3 is 0 Å². The van der Waals surface area contributed by atoms with Crippen molar-refractivity contribution in [3.8, 4) is 0 Å². The van der Waals surface area contributed by atoms with Gasteiger partial charge in [0.25, 0.3) is 5.91 Å². The van der Waals surface area contributed by atoms with Crippen molar-refractivity contribution in [3.63, 3.8) is 0 Å². The van der Waals surface area contributed by atoms with Gasteiger partial charge in [0.1, 0.15) is 0 Å². The van der Waals surface area contributed by atoms with Crippen molar-refractivity contribution >= 4 is 28.8 Å². The Kier molecular flexibility index (Phi) is 4.76. The lowest BCUT2D eigenvalue weighted by atomic mass is 10.2. The molecule has 0 saturated heterocycles. The number of pyridine rings is 1. The Hall–Kier alpha value is -1.85. The lowest BCUT2D eigenvalue weighted by Crippen LogP contribution is -2.30. The first kappa shape index (κ1) is 14.6. The van der Waals surface area contributed by atoms with Crippen LogP contribution in [0.25, 0.3) is 0 Å². The summed E-state index contributed by atoms with van der Waals surface area (Å²) in [6, 6.07) is 6.54. The molecule has 0 fully saturated rings. The van der Waals surface area contributed by atoms with Crippen LogP contribution in [0, 0.1) is 0 Å². The monoisotopic (exact) mass is 308 g/mol. The summed E-state index contributed by atoms with van der Waals surface area (Å²) in [5.74, 6) is -0.161. The maximum Gasteiger partial charge on any atom is 0.255 e. The second-order valence-electron chi connectivity index (χ2n) is 4.12. The van der Waals surface area contributed by atoms with Crippen LogP contribution in [0.2, 0.25) is 4.34 Å². The quantitative estimate of drug-likeness (QED) is 0.863. The molecule has 0 atom stereocenters. The maximum atomic E-state index is 12.4. The van der Waals surface area contributed by atoms with E-state index in [1.807, 2.05) is 6.07 Å². The van der Waals surface area contributed by atoms with Crippen LogP contribution in [0.1, 0.15) is 15.2 Å². The highest BCUT2D eigenvalue weighted by atomic mass is 35.5. The van der Waals surface area contributed by atoms with E-state index >= 15 is 0 Å². The summed E-state index contributed by atoms with van der Waals surface area (Å²) in [6.07, 6.45) is 3.08. The molecule has 2 aromatic heterocycles. The molecule has 0 bridgehead atoms. The number of rotatable bonds is 5. The topological polar surface area (TPSA) is 53.2 Å². The van der Waals surface area contributed by atoms with Crippen LogP contribution in [-0.4, -0.2) is 22.3 Å². The van der Waals surface area contributed by atoms with Crippen molar-refractivity contribution < 1.29 is 4.79 Å². The third kappa shape index (κ3) is 3.59. The number of carbonyl (C=O) groups excluding carboxylic acids is 1. The summed E-state index contributed by atoms with van der Waals surface area (Å²) in [7, 11) is 0. The number of nitrogens with zero attached hydrogens (tertiary/aromatic N) is 1. The van der Waals surface area contributed by atoms with E-state index in [9.17, 15) is 9.59 Å². The van der Waals surface area contributed by atoms with Crippen molar-refractivity contribution in [3.05, 3.63) is 68.2 Å². The van der Waals surface area contributed by atoms with Gasteiger partial charge in [0, 0.05) is 23.7 Å². The van der Waals surface area contributed by atoms with Gasteiger partial charge in [-0.2, -0.15) is 0 Å². The molecular weight excluding hydrogens is 296 g/mol. The molecule has 2 rings (SSSR count). The number of thiophene rings is 1. The van der Waals surface area contributed by atoms with Gasteiger partial charge in [0.2, 0.25) is 5.56 Å². The van der Waals surface area contributed by atoms with Crippen molar-refractivity contribution in [1.82, 2.24) is 9.88 Å². The van der Waals surface area contributed by atoms with Crippen molar-refractivity contribution in [2.45, 2.75) is 6.54 Å². The predicted octanol–water partition coefficient (Wildman–Crippen LogP) is 2.92. The van der Waals surface area contributed by atoms with E-state index in [0.29, 0.717) is 23.0 Å². The number of H-pyrrole nitrogens is 1. The molecule has 0 aliphatic rings. The van der Waals surface area contributed by atoms with Crippen LogP contribution in [-0.2, 0) is 6.54 Å². The molecule has 1 amide bonds. The van der Waals surface area contributed by atoms with Crippen LogP contribution in [0.4, 0.5) is 0 Å². The molecule has 0 aromatic carbocycles. The SMILES string of the molecule is C=CCN(Cc1ccc(Cl)s1)C(=O)c1ccc(=O)[nH]c1. The molecule has 1 N–H and O–H groups in total. The first-order chi connectivity index (χ1) is 9.60. The molecule has 0 saturated carbocycles. The fourth-order valence-electron chi connectivity index (χ4n) is 1.73. The summed E-state index contributed by atoms with van der Waals surface area (Å²) in [6.45, 7) is 4.55. The van der Waals surface area contributed by atoms with E-state index in [4.69, 9.17) is 11.6 Å². The Labute approximate surface area is 125 Å². The number of hydrogen-bond donors (Lipinski definition) is 1. The van der Waals surface area contributed by atoms with Gasteiger partial charge in [-0.1, -0.05) is 17.7 Å². The number of nitrogens with one attached hydrogen (secondary N) is 1. The Morgan fingerprint density at radius 2 is 2.20 bits per heavy atom. The van der Waals surface area contributed by atoms with Crippen molar-refractivity contribution in [1.29, 1.82) is 0 Å². The van der Waals surface area contributed by atoms with Crippen molar-refractivity contribution in [2.24, 2.45) is 0 Å². The highest BCUT2D eigenvalue weighted by Gasteiger charge is 2.16. The van der Waals surface area contributed by atoms with Gasteiger partial charge in [-0.25, -0.2) is 0 Å². The van der Waals surface area contributed by atoms with Crippen LogP contribution >= 0.6 is 22.9 Å². The molecule has 0 unspecified atom stereocenters. The average molecular weight is 309 g/mol. The number of aromatic amines is 1. The zero-order valence-electron chi connectivity index (χ0n) is 10.6. The highest BCUT2D eigenvalue weighted by molar-refractivity contribution is 7.16. The third-order valence-corrected chi connectivity index (χ3v) is 3.86. The Morgan fingerprint density at radius 3 is 2.75 bits per heavy atom. The maximum absolute atomic E-state index is 12.4. The van der Waals surface area contributed by atoms with Gasteiger partial charge in [-0.3, -0.25) is 9.59 Å². The Balaban J connectivity index is 2.19. The minimum absolute atomic E-state index is 0.161. The third-order valence-electron chi connectivity index (χ3n) is 2.64. The molecule has 0 aliphatic heterocycles. The number of halogens is 1. The van der Waals surface area contributed by atoms with Crippen LogP contribution in [0.3, 0.4) is 0 Å². The molecule has 4 nitrogen and oxygen atoms in total. The average Bonchev–Trinajstić information content (AvgIpc) is 2.84. The van der Waals surface area contributed by atoms with E-state index in [1.54, 1.807) is 17.0 Å². The molecule has 2 aromatic rings. The minimum atomic E-state index is -0.234. The molecule has 20 heavy (non-hydrogen) atoms. The zero-order valence-corrected chi connectivity index (χ0v) is 12.2. The normalized spacial score (nSPS) is 10.2. The van der Waals surface area contributed by atoms with Gasteiger partial charge in [-0.05, 0) is 18.2 Å². The van der Waals surface area contributed by atoms with Gasteiger partial charge in [0.15, 0.2) is 0 Å². The lowest BCUT2D eigenvalue weighted by Gasteiger charge is -2.20. The summed E-state index contributed by atoms with van der Waals surface area (Å²) < 4.78 is 0.690. The summed E-state index contributed by atoms with van der Waals surface area (Å²) >= 11 is 7.33. The number of aromatic nitrogens is 1. The van der Waals surface area contributed by atoms with Crippen LogP contribution in [0.15, 0.2) is 47.9 Å². The fraction of sp³-hybridized carbons (Fsp3) is 0.143. The van der Waals surface area contributed by atoms with E-state index in [-0.39, 0.29) is 11.5 Å². The number of amides is 1. The summed E-state index contributed by atoms with van der Waals surface area (Å²) in [5, 5.41) is 0. The van der Waals surface area contributed by atoms with E-state index in [2.05, 4.69) is 11.6 Å². The molecule has 104 valence electrons. The number of carbonyl (C=O) groups is 1. The molecular formula is C14H13ClN2O2S. The predicted molar refractivity (Wildman–Crippen MR) is 81.3 cm³/mol. The molecule has 0 spiro atoms. The van der Waals surface area contributed by atoms with Gasteiger partial charge < -0.3 is 9.88 Å². The van der Waals surface area contributed by atoms with E-state index < -0.39 is 0 Å². The first-order valence-corrected chi connectivity index (χ1v) is 7.12. The Morgan fingerprint density at radius 1 is 1.40 bits per heavy atom. The molecule has 0 aliphatic carbocycles. The zero-order chi connectivity index (χ0) is 14.5.